The molecule has 0 radical (unpaired) electrons. The second-order valence-corrected chi connectivity index (χ2v) is 5.25. The Bertz CT molecular complexity index is 674. The maximum Gasteiger partial charge on any atom is 0.279 e. The molecule has 2 aromatic heterocycles. The number of aliphatic hydroxyl groups is 1. The molecule has 8 heteroatoms. The van der Waals surface area contributed by atoms with E-state index in [4.69, 9.17) is 5.11 Å². The van der Waals surface area contributed by atoms with Crippen LogP contribution in [0, 0.1) is 5.82 Å². The molecule has 0 saturated carbocycles. The summed E-state index contributed by atoms with van der Waals surface area (Å²) in [6.07, 6.45) is 3.40. The fourth-order valence-electron chi connectivity index (χ4n) is 1.32. The van der Waals surface area contributed by atoms with Crippen LogP contribution in [0.3, 0.4) is 0 Å². The van der Waals surface area contributed by atoms with Gasteiger partial charge in [-0.05, 0) is 17.7 Å². The predicted octanol–water partition coefficient (Wildman–Crippen LogP) is 0.909. The van der Waals surface area contributed by atoms with E-state index < -0.39 is 15.8 Å². The van der Waals surface area contributed by atoms with E-state index in [1.54, 1.807) is 0 Å². The summed E-state index contributed by atoms with van der Waals surface area (Å²) in [6, 6.07) is 3.85. The quantitative estimate of drug-likeness (QED) is 0.870. The summed E-state index contributed by atoms with van der Waals surface area (Å²) in [4.78, 5) is 7.22. The van der Waals surface area contributed by atoms with E-state index in [-0.39, 0.29) is 17.3 Å². The lowest BCUT2D eigenvalue weighted by Gasteiger charge is -2.08. The number of anilines is 1. The van der Waals surface area contributed by atoms with E-state index in [0.29, 0.717) is 5.56 Å². The van der Waals surface area contributed by atoms with Crippen LogP contribution in [0.1, 0.15) is 5.56 Å². The van der Waals surface area contributed by atoms with Gasteiger partial charge >= 0.3 is 0 Å². The zero-order valence-electron chi connectivity index (χ0n) is 9.62. The minimum Gasteiger partial charge on any atom is -0.392 e. The largest absolute Gasteiger partial charge is 0.392 e. The lowest BCUT2D eigenvalue weighted by molar-refractivity contribution is 0.281. The highest BCUT2D eigenvalue weighted by atomic mass is 32.2. The first-order valence-corrected chi connectivity index (χ1v) is 6.69. The molecule has 2 N–H and O–H groups in total. The van der Waals surface area contributed by atoms with Crippen molar-refractivity contribution in [2.45, 2.75) is 11.6 Å². The van der Waals surface area contributed by atoms with Gasteiger partial charge in [0.25, 0.3) is 10.0 Å². The van der Waals surface area contributed by atoms with Crippen LogP contribution in [0.2, 0.25) is 0 Å². The second kappa shape index (κ2) is 5.29. The molecule has 0 aliphatic heterocycles. The molecular weight excluding hydrogens is 273 g/mol. The fourth-order valence-corrected chi connectivity index (χ4v) is 2.32. The number of aromatic nitrogens is 2. The molecule has 0 saturated heterocycles. The summed E-state index contributed by atoms with van der Waals surface area (Å²) in [6.45, 7) is -0.236. The van der Waals surface area contributed by atoms with Gasteiger partial charge in [0, 0.05) is 12.4 Å². The van der Waals surface area contributed by atoms with Gasteiger partial charge in [-0.3, -0.25) is 9.71 Å². The van der Waals surface area contributed by atoms with Crippen LogP contribution < -0.4 is 4.72 Å². The minimum absolute atomic E-state index is 0.206. The maximum absolute atomic E-state index is 13.3. The molecule has 2 rings (SSSR count). The van der Waals surface area contributed by atoms with Crippen LogP contribution in [0.15, 0.2) is 41.8 Å². The number of hydrogen-bond donors (Lipinski definition) is 2. The Hall–Kier alpha value is -2.06. The van der Waals surface area contributed by atoms with Gasteiger partial charge in [-0.2, -0.15) is 8.42 Å². The number of pyridine rings is 2. The van der Waals surface area contributed by atoms with Crippen molar-refractivity contribution in [3.05, 3.63) is 48.2 Å². The summed E-state index contributed by atoms with van der Waals surface area (Å²) in [7, 11) is -3.97. The summed E-state index contributed by atoms with van der Waals surface area (Å²) >= 11 is 0. The third kappa shape index (κ3) is 3.04. The van der Waals surface area contributed by atoms with Crippen molar-refractivity contribution in [1.82, 2.24) is 9.97 Å². The van der Waals surface area contributed by atoms with E-state index in [1.165, 1.54) is 30.6 Å². The molecule has 0 atom stereocenters. The van der Waals surface area contributed by atoms with Crippen molar-refractivity contribution in [3.63, 3.8) is 0 Å². The van der Waals surface area contributed by atoms with Crippen LogP contribution in [0.4, 0.5) is 10.1 Å². The van der Waals surface area contributed by atoms with E-state index in [1.807, 2.05) is 0 Å². The first-order valence-electron chi connectivity index (χ1n) is 5.21. The van der Waals surface area contributed by atoms with Crippen LogP contribution >= 0.6 is 0 Å². The Kier molecular flexibility index (Phi) is 3.72. The predicted molar refractivity (Wildman–Crippen MR) is 65.2 cm³/mol. The van der Waals surface area contributed by atoms with Gasteiger partial charge in [-0.1, -0.05) is 6.07 Å². The van der Waals surface area contributed by atoms with Gasteiger partial charge in [-0.25, -0.2) is 9.37 Å². The Balaban J connectivity index is 2.30. The van der Waals surface area contributed by atoms with Crippen molar-refractivity contribution in [3.8, 4) is 0 Å². The lowest BCUT2D eigenvalue weighted by Crippen LogP contribution is -2.15. The van der Waals surface area contributed by atoms with Crippen molar-refractivity contribution >= 4 is 15.7 Å². The molecule has 0 bridgehead atoms. The van der Waals surface area contributed by atoms with Crippen LogP contribution in [-0.2, 0) is 16.6 Å². The Morgan fingerprint density at radius 2 is 2.05 bits per heavy atom. The molecule has 0 spiro atoms. The number of nitrogens with zero attached hydrogens (tertiary/aromatic N) is 2. The Labute approximate surface area is 109 Å². The molecule has 2 heterocycles. The van der Waals surface area contributed by atoms with Gasteiger partial charge in [0.1, 0.15) is 0 Å². The highest BCUT2D eigenvalue weighted by Gasteiger charge is 2.17. The number of halogens is 1. The first-order chi connectivity index (χ1) is 9.03. The summed E-state index contributed by atoms with van der Waals surface area (Å²) in [5, 5.41) is 8.58. The zero-order valence-corrected chi connectivity index (χ0v) is 10.4. The Morgan fingerprint density at radius 1 is 1.26 bits per heavy atom. The highest BCUT2D eigenvalue weighted by Crippen LogP contribution is 2.16. The van der Waals surface area contributed by atoms with Gasteiger partial charge in [0.15, 0.2) is 10.8 Å². The topological polar surface area (TPSA) is 92.2 Å². The number of nitrogens with one attached hydrogen (secondary N) is 1. The number of sulfonamides is 1. The number of rotatable bonds is 4. The first kappa shape index (κ1) is 13.4. The molecule has 0 aromatic carbocycles. The van der Waals surface area contributed by atoms with E-state index >= 15 is 0 Å². The van der Waals surface area contributed by atoms with Gasteiger partial charge < -0.3 is 5.11 Å². The van der Waals surface area contributed by atoms with Crippen LogP contribution in [0.5, 0.6) is 0 Å². The van der Waals surface area contributed by atoms with Crippen molar-refractivity contribution in [2.24, 2.45) is 0 Å². The maximum atomic E-state index is 13.3. The standard InChI is InChI=1S/C11H10FN3O3S/c12-9-6-13-4-3-10(9)15-19(17,18)11-2-1-8(7-16)5-14-11/h1-6,16H,7H2,(H,13,15). The lowest BCUT2D eigenvalue weighted by atomic mass is 10.3. The summed E-state index contributed by atoms with van der Waals surface area (Å²) in [5.74, 6) is -0.780. The van der Waals surface area contributed by atoms with Crippen molar-refractivity contribution in [1.29, 1.82) is 0 Å². The van der Waals surface area contributed by atoms with Gasteiger partial charge in [0.05, 0.1) is 18.5 Å². The minimum atomic E-state index is -3.97. The summed E-state index contributed by atoms with van der Waals surface area (Å²) in [5.41, 5.74) is 0.275. The van der Waals surface area contributed by atoms with Crippen molar-refractivity contribution < 1.29 is 17.9 Å². The normalized spacial score (nSPS) is 11.3. The second-order valence-electron chi connectivity index (χ2n) is 3.62. The average Bonchev–Trinajstić information content (AvgIpc) is 2.41. The van der Waals surface area contributed by atoms with Crippen LogP contribution in [0.25, 0.3) is 0 Å². The molecule has 0 unspecified atom stereocenters. The molecule has 0 fully saturated rings. The molecule has 6 nitrogen and oxygen atoms in total. The molecular formula is C11H10FN3O3S. The molecule has 2 aromatic rings. The third-order valence-electron chi connectivity index (χ3n) is 2.27. The average molecular weight is 283 g/mol. The molecule has 0 amide bonds. The van der Waals surface area contributed by atoms with E-state index in [9.17, 15) is 12.8 Å². The Morgan fingerprint density at radius 3 is 2.63 bits per heavy atom. The smallest absolute Gasteiger partial charge is 0.279 e. The van der Waals surface area contributed by atoms with E-state index in [2.05, 4.69) is 14.7 Å². The molecule has 0 aliphatic rings. The number of hydrogen-bond acceptors (Lipinski definition) is 5. The molecule has 100 valence electrons. The molecule has 19 heavy (non-hydrogen) atoms. The van der Waals surface area contributed by atoms with Crippen molar-refractivity contribution in [2.75, 3.05) is 4.72 Å². The van der Waals surface area contributed by atoms with Gasteiger partial charge in [-0.15, -0.1) is 0 Å². The SMILES string of the molecule is O=S(=O)(Nc1ccncc1F)c1ccc(CO)cn1. The monoisotopic (exact) mass is 283 g/mol. The zero-order chi connectivity index (χ0) is 13.9. The molecule has 0 aliphatic carbocycles. The van der Waals surface area contributed by atoms with E-state index in [0.717, 1.165) is 6.20 Å². The van der Waals surface area contributed by atoms with Crippen LogP contribution in [-0.4, -0.2) is 23.5 Å². The highest BCUT2D eigenvalue weighted by molar-refractivity contribution is 7.92. The number of aliphatic hydroxyl groups excluding tert-OH is 1. The van der Waals surface area contributed by atoms with Gasteiger partial charge in [0.2, 0.25) is 0 Å². The fraction of sp³-hybridized carbons (Fsp3) is 0.0909. The summed E-state index contributed by atoms with van der Waals surface area (Å²) < 4.78 is 39.2. The third-order valence-corrected chi connectivity index (χ3v) is 3.55.